The summed E-state index contributed by atoms with van der Waals surface area (Å²) in [5.41, 5.74) is 10.7. The van der Waals surface area contributed by atoms with Gasteiger partial charge in [0.1, 0.15) is 0 Å². The fourth-order valence-corrected chi connectivity index (χ4v) is 8.10. The summed E-state index contributed by atoms with van der Waals surface area (Å²) in [6, 6.07) is 61.9. The van der Waals surface area contributed by atoms with Gasteiger partial charge in [0, 0.05) is 10.3 Å². The van der Waals surface area contributed by atoms with Crippen molar-refractivity contribution in [3.63, 3.8) is 0 Å². The molecule has 218 valence electrons. The molecule has 0 aliphatic heterocycles. The van der Waals surface area contributed by atoms with E-state index < -0.39 is 0 Å². The van der Waals surface area contributed by atoms with Gasteiger partial charge in [0.2, 0.25) is 0 Å². The lowest BCUT2D eigenvalue weighted by Gasteiger charge is -2.36. The van der Waals surface area contributed by atoms with Gasteiger partial charge in [-0.2, -0.15) is 0 Å². The third kappa shape index (κ3) is 7.11. The first-order valence-corrected chi connectivity index (χ1v) is 16.6. The average Bonchev–Trinajstić information content (AvgIpc) is 3.06. The van der Waals surface area contributed by atoms with E-state index in [-0.39, 0.29) is 10.3 Å². The molecule has 0 aromatic heterocycles. The zero-order valence-electron chi connectivity index (χ0n) is 25.1. The van der Waals surface area contributed by atoms with Crippen molar-refractivity contribution in [3.05, 3.63) is 203 Å². The zero-order chi connectivity index (χ0) is 30.2. The van der Waals surface area contributed by atoms with Crippen molar-refractivity contribution < 1.29 is 0 Å². The van der Waals surface area contributed by atoms with E-state index in [1.165, 1.54) is 44.5 Å². The fraction of sp³-hybridized carbons (Fsp3) is 0.143. The summed E-state index contributed by atoms with van der Waals surface area (Å²) in [6.07, 6.45) is 3.69. The molecule has 0 aliphatic rings. The highest BCUT2D eigenvalue weighted by Crippen LogP contribution is 2.48. The van der Waals surface area contributed by atoms with Crippen molar-refractivity contribution in [2.45, 2.75) is 36.0 Å². The molecular formula is C42H40P2. The Balaban J connectivity index is 1.50. The molecule has 0 fully saturated rings. The highest BCUT2D eigenvalue weighted by Gasteiger charge is 2.34. The van der Waals surface area contributed by atoms with Gasteiger partial charge in [0.05, 0.1) is 0 Å². The predicted molar refractivity (Wildman–Crippen MR) is 195 cm³/mol. The van der Waals surface area contributed by atoms with E-state index in [9.17, 15) is 0 Å². The van der Waals surface area contributed by atoms with E-state index in [4.69, 9.17) is 0 Å². The van der Waals surface area contributed by atoms with Crippen molar-refractivity contribution in [1.29, 1.82) is 0 Å². The number of benzene rings is 6. The van der Waals surface area contributed by atoms with E-state index in [0.29, 0.717) is 0 Å². The second-order valence-corrected chi connectivity index (χ2v) is 14.3. The van der Waals surface area contributed by atoms with Crippen molar-refractivity contribution >= 4 is 18.5 Å². The van der Waals surface area contributed by atoms with Crippen LogP contribution in [0.3, 0.4) is 0 Å². The molecule has 2 heteroatoms. The van der Waals surface area contributed by atoms with Gasteiger partial charge in [0.15, 0.2) is 0 Å². The highest BCUT2D eigenvalue weighted by atomic mass is 31.0. The molecule has 6 rings (SSSR count). The van der Waals surface area contributed by atoms with Gasteiger partial charge < -0.3 is 0 Å². The van der Waals surface area contributed by atoms with Crippen molar-refractivity contribution in [2.75, 3.05) is 0 Å². The minimum absolute atomic E-state index is 0.200. The molecule has 2 atom stereocenters. The lowest BCUT2D eigenvalue weighted by Crippen LogP contribution is -2.27. The van der Waals surface area contributed by atoms with Gasteiger partial charge in [-0.1, -0.05) is 170 Å². The maximum atomic E-state index is 3.32. The summed E-state index contributed by atoms with van der Waals surface area (Å²) in [5, 5.41) is -0.399. The van der Waals surface area contributed by atoms with Crippen LogP contribution in [0.2, 0.25) is 0 Å². The number of rotatable bonds is 11. The molecule has 0 N–H and O–H groups in total. The van der Waals surface area contributed by atoms with Gasteiger partial charge >= 0.3 is 0 Å². The summed E-state index contributed by atoms with van der Waals surface area (Å²) >= 11 is 0. The maximum Gasteiger partial charge on any atom is 0.0184 e. The largest absolute Gasteiger partial charge is 0.126 e. The van der Waals surface area contributed by atoms with Crippen LogP contribution >= 0.6 is 18.5 Å². The second-order valence-electron chi connectivity index (χ2n) is 12.1. The molecule has 0 spiro atoms. The molecule has 0 amide bonds. The smallest absolute Gasteiger partial charge is 0.0184 e. The number of hydrogen-bond donors (Lipinski definition) is 0. The minimum Gasteiger partial charge on any atom is -0.126 e. The van der Waals surface area contributed by atoms with Crippen LogP contribution in [0.25, 0.3) is 11.1 Å². The van der Waals surface area contributed by atoms with Crippen LogP contribution in [0.15, 0.2) is 170 Å². The molecule has 44 heavy (non-hydrogen) atoms. The lowest BCUT2D eigenvalue weighted by molar-refractivity contribution is 0.609. The number of hydrogen-bond acceptors (Lipinski definition) is 0. The second kappa shape index (κ2) is 13.9. The first-order valence-electron chi connectivity index (χ1n) is 15.5. The van der Waals surface area contributed by atoms with Gasteiger partial charge in [0.25, 0.3) is 0 Å². The molecule has 0 nitrogen and oxygen atoms in total. The molecule has 2 unspecified atom stereocenters. The molecule has 6 aromatic rings. The predicted octanol–water partition coefficient (Wildman–Crippen LogP) is 10.5. The monoisotopic (exact) mass is 606 g/mol. The molecule has 0 aliphatic carbocycles. The normalized spacial score (nSPS) is 11.8. The van der Waals surface area contributed by atoms with Crippen molar-refractivity contribution in [1.82, 2.24) is 0 Å². The van der Waals surface area contributed by atoms with E-state index in [1.807, 2.05) is 0 Å². The van der Waals surface area contributed by atoms with Crippen LogP contribution in [-0.4, -0.2) is 0 Å². The zero-order valence-corrected chi connectivity index (χ0v) is 27.5. The van der Waals surface area contributed by atoms with Gasteiger partial charge in [-0.05, 0) is 70.2 Å². The van der Waals surface area contributed by atoms with Gasteiger partial charge in [-0.25, -0.2) is 0 Å². The Morgan fingerprint density at radius 2 is 0.523 bits per heavy atom. The van der Waals surface area contributed by atoms with Gasteiger partial charge in [-0.3, -0.25) is 0 Å². The van der Waals surface area contributed by atoms with Gasteiger partial charge in [-0.15, -0.1) is 18.5 Å². The highest BCUT2D eigenvalue weighted by molar-refractivity contribution is 7.18. The summed E-state index contributed by atoms with van der Waals surface area (Å²) in [7, 11) is 6.63. The third-order valence-corrected chi connectivity index (χ3v) is 10.1. The maximum absolute atomic E-state index is 3.32. The molecule has 0 heterocycles. The Bertz CT molecular complexity index is 1550. The first kappa shape index (κ1) is 30.2. The quantitative estimate of drug-likeness (QED) is 0.129. The minimum atomic E-state index is -0.200. The summed E-state index contributed by atoms with van der Waals surface area (Å²) in [4.78, 5) is 0. The van der Waals surface area contributed by atoms with Crippen LogP contribution in [0.4, 0.5) is 0 Å². The van der Waals surface area contributed by atoms with Crippen LogP contribution in [0.5, 0.6) is 0 Å². The fourth-order valence-electron chi connectivity index (χ4n) is 6.65. The van der Waals surface area contributed by atoms with Crippen LogP contribution in [-0.2, 0) is 36.0 Å². The Morgan fingerprint density at radius 1 is 0.295 bits per heavy atom. The topological polar surface area (TPSA) is 0 Å². The van der Waals surface area contributed by atoms with E-state index in [1.54, 1.807) is 0 Å². The van der Waals surface area contributed by atoms with Crippen LogP contribution < -0.4 is 0 Å². The Kier molecular flexibility index (Phi) is 9.52. The van der Waals surface area contributed by atoms with Crippen molar-refractivity contribution in [3.8, 4) is 11.1 Å². The van der Waals surface area contributed by atoms with Crippen LogP contribution in [0.1, 0.15) is 33.4 Å². The molecule has 0 radical (unpaired) electrons. The summed E-state index contributed by atoms with van der Waals surface area (Å²) in [5.74, 6) is 0. The lowest BCUT2D eigenvalue weighted by atomic mass is 9.77. The molecule has 0 bridgehead atoms. The molecule has 6 aromatic carbocycles. The first-order chi connectivity index (χ1) is 21.5. The Morgan fingerprint density at radius 3 is 0.795 bits per heavy atom. The Hall–Kier alpha value is -3.82. The van der Waals surface area contributed by atoms with Crippen molar-refractivity contribution in [2.24, 2.45) is 0 Å². The van der Waals surface area contributed by atoms with E-state index in [2.05, 4.69) is 188 Å². The van der Waals surface area contributed by atoms with E-state index >= 15 is 0 Å². The molecular weight excluding hydrogens is 566 g/mol. The third-order valence-electron chi connectivity index (χ3n) is 8.67. The van der Waals surface area contributed by atoms with Crippen LogP contribution in [0, 0.1) is 0 Å². The Labute approximate surface area is 268 Å². The van der Waals surface area contributed by atoms with E-state index in [0.717, 1.165) is 25.7 Å². The standard InChI is InChI=1S/C42H40P2/c43-41(29-33-17-5-1-6-18-33,30-34-19-7-2-8-20-34)39-27-15-13-25-37(39)38-26-14-16-28-40(38)42(44,31-35-21-9-3-10-22-35)32-36-23-11-4-12-24-36/h1-28H,29-32,43-44H2. The summed E-state index contributed by atoms with van der Waals surface area (Å²) in [6.45, 7) is 0. The average molecular weight is 607 g/mol. The summed E-state index contributed by atoms with van der Waals surface area (Å²) < 4.78 is 0. The molecule has 0 saturated carbocycles. The molecule has 0 saturated heterocycles. The SMILES string of the molecule is PC(Cc1ccccc1)(Cc1ccccc1)c1ccccc1-c1ccccc1C(P)(Cc1ccccc1)Cc1ccccc1.